The molecule has 0 atom stereocenters. The molecule has 2 aromatic carbocycles. The number of anilines is 1. The molecule has 1 N–H and O–H groups in total. The maximum absolute atomic E-state index is 13.3. The van der Waals surface area contributed by atoms with Gasteiger partial charge in [0.05, 0.1) is 18.2 Å². The van der Waals surface area contributed by atoms with Gasteiger partial charge in [-0.05, 0) is 44.5 Å². The van der Waals surface area contributed by atoms with E-state index >= 15 is 0 Å². The summed E-state index contributed by atoms with van der Waals surface area (Å²) in [5.74, 6) is 1.06. The molecule has 0 spiro atoms. The van der Waals surface area contributed by atoms with E-state index in [4.69, 9.17) is 26.1 Å². The fourth-order valence-electron chi connectivity index (χ4n) is 3.45. The zero-order valence-electron chi connectivity index (χ0n) is 18.3. The van der Waals surface area contributed by atoms with Crippen molar-refractivity contribution in [1.29, 1.82) is 0 Å². The Bertz CT molecular complexity index is 1280. The number of amides is 1. The average molecular weight is 450 g/mol. The molecule has 32 heavy (non-hydrogen) atoms. The van der Waals surface area contributed by atoms with Crippen LogP contribution in [0, 0.1) is 6.92 Å². The Morgan fingerprint density at radius 2 is 1.88 bits per heavy atom. The quantitative estimate of drug-likeness (QED) is 0.391. The van der Waals surface area contributed by atoms with Gasteiger partial charge in [-0.1, -0.05) is 48.0 Å². The molecule has 0 saturated carbocycles. The lowest BCUT2D eigenvalue weighted by Crippen LogP contribution is -2.15. The van der Waals surface area contributed by atoms with Crippen molar-refractivity contribution in [3.63, 3.8) is 0 Å². The number of fused-ring (bicyclic) bond motifs is 1. The summed E-state index contributed by atoms with van der Waals surface area (Å²) >= 11 is 6.42. The molecule has 6 nitrogen and oxygen atoms in total. The van der Waals surface area contributed by atoms with Gasteiger partial charge in [-0.3, -0.25) is 9.20 Å². The van der Waals surface area contributed by atoms with Crippen LogP contribution in [-0.4, -0.2) is 28.5 Å². The predicted octanol–water partition coefficient (Wildman–Crippen LogP) is 6.01. The number of carbonyl (C=O) groups is 1. The minimum Gasteiger partial charge on any atom is -0.493 e. The van der Waals surface area contributed by atoms with Crippen molar-refractivity contribution < 1.29 is 14.3 Å². The van der Waals surface area contributed by atoms with E-state index in [-0.39, 0.29) is 12.0 Å². The number of benzene rings is 2. The molecule has 4 rings (SSSR count). The van der Waals surface area contributed by atoms with E-state index in [9.17, 15) is 4.79 Å². The van der Waals surface area contributed by atoms with Gasteiger partial charge in [0.1, 0.15) is 17.2 Å². The second-order valence-electron chi connectivity index (χ2n) is 7.72. The monoisotopic (exact) mass is 449 g/mol. The molecule has 7 heteroatoms. The molecule has 0 saturated heterocycles. The van der Waals surface area contributed by atoms with E-state index < -0.39 is 0 Å². The number of rotatable bonds is 6. The molecule has 2 aromatic heterocycles. The van der Waals surface area contributed by atoms with Crippen LogP contribution in [0.25, 0.3) is 16.9 Å². The molecule has 0 unspecified atom stereocenters. The lowest BCUT2D eigenvalue weighted by Gasteiger charge is -2.16. The van der Waals surface area contributed by atoms with E-state index in [1.165, 1.54) is 7.11 Å². The number of hydrogen-bond acceptors (Lipinski definition) is 4. The number of nitrogens with one attached hydrogen (secondary N) is 1. The number of carbonyl (C=O) groups excluding carboxylic acids is 1. The highest BCUT2D eigenvalue weighted by Crippen LogP contribution is 2.37. The van der Waals surface area contributed by atoms with Gasteiger partial charge in [0, 0.05) is 17.3 Å². The molecule has 0 bridgehead atoms. The van der Waals surface area contributed by atoms with Crippen molar-refractivity contribution in [1.82, 2.24) is 9.38 Å². The summed E-state index contributed by atoms with van der Waals surface area (Å²) in [5, 5.41) is 3.33. The smallest absolute Gasteiger partial charge is 0.257 e. The second-order valence-corrected chi connectivity index (χ2v) is 8.13. The number of methoxy groups -OCH3 is 1. The Hall–Kier alpha value is -3.51. The summed E-state index contributed by atoms with van der Waals surface area (Å²) in [6.07, 6.45) is 1.85. The van der Waals surface area contributed by atoms with Crippen LogP contribution in [0.4, 0.5) is 5.82 Å². The fraction of sp³-hybridized carbons (Fsp3) is 0.200. The van der Waals surface area contributed by atoms with Gasteiger partial charge in [0.15, 0.2) is 11.5 Å². The van der Waals surface area contributed by atoms with Gasteiger partial charge in [-0.15, -0.1) is 0 Å². The molecule has 164 valence electrons. The average Bonchev–Trinajstić information content (AvgIpc) is 3.12. The zero-order valence-corrected chi connectivity index (χ0v) is 19.1. The highest BCUT2D eigenvalue weighted by atomic mass is 35.5. The summed E-state index contributed by atoms with van der Waals surface area (Å²) < 4.78 is 13.1. The Balaban J connectivity index is 1.77. The van der Waals surface area contributed by atoms with Crippen LogP contribution in [0.15, 0.2) is 60.8 Å². The van der Waals surface area contributed by atoms with Crippen LogP contribution in [0.1, 0.15) is 29.8 Å². The zero-order chi connectivity index (χ0) is 22.8. The van der Waals surface area contributed by atoms with E-state index in [1.807, 2.05) is 73.8 Å². The number of halogens is 1. The van der Waals surface area contributed by atoms with Crippen LogP contribution < -0.4 is 14.8 Å². The lowest BCUT2D eigenvalue weighted by molar-refractivity contribution is 0.102. The molecule has 4 aromatic rings. The molecule has 0 radical (unpaired) electrons. The van der Waals surface area contributed by atoms with Crippen molar-refractivity contribution in [2.75, 3.05) is 12.4 Å². The Morgan fingerprint density at radius 1 is 1.12 bits per heavy atom. The molecule has 1 amide bonds. The summed E-state index contributed by atoms with van der Waals surface area (Å²) in [7, 11) is 1.52. The van der Waals surface area contributed by atoms with Gasteiger partial charge >= 0.3 is 0 Å². The summed E-state index contributed by atoms with van der Waals surface area (Å²) in [6.45, 7) is 5.79. The van der Waals surface area contributed by atoms with Crippen LogP contribution in [0.5, 0.6) is 11.5 Å². The number of aromatic nitrogens is 2. The third-order valence-corrected chi connectivity index (χ3v) is 5.17. The van der Waals surface area contributed by atoms with Crippen LogP contribution >= 0.6 is 11.6 Å². The summed E-state index contributed by atoms with van der Waals surface area (Å²) in [6, 6.07) is 16.9. The standard InChI is InChI=1S/C25H24ClN3O3/c1-15(2)32-23-19(26)12-18(13-20(23)31-4)25(30)28-24-22(17-8-6-5-7-9-17)27-21-11-10-16(3)14-29(21)24/h5-15H,1-4H3,(H,28,30). The van der Waals surface area contributed by atoms with E-state index in [1.54, 1.807) is 12.1 Å². The van der Waals surface area contributed by atoms with Crippen molar-refractivity contribution in [3.05, 3.63) is 76.9 Å². The van der Waals surface area contributed by atoms with E-state index in [2.05, 4.69) is 5.32 Å². The van der Waals surface area contributed by atoms with Gasteiger partial charge in [0.25, 0.3) is 5.91 Å². The topological polar surface area (TPSA) is 64.9 Å². The van der Waals surface area contributed by atoms with Crippen molar-refractivity contribution >= 4 is 29.0 Å². The number of hydrogen-bond donors (Lipinski definition) is 1. The highest BCUT2D eigenvalue weighted by molar-refractivity contribution is 6.32. The van der Waals surface area contributed by atoms with Crippen molar-refractivity contribution in [2.45, 2.75) is 26.9 Å². The third-order valence-electron chi connectivity index (χ3n) is 4.89. The predicted molar refractivity (Wildman–Crippen MR) is 127 cm³/mol. The minimum absolute atomic E-state index is 0.0871. The van der Waals surface area contributed by atoms with Gasteiger partial charge < -0.3 is 14.8 Å². The fourth-order valence-corrected chi connectivity index (χ4v) is 3.70. The number of ether oxygens (including phenoxy) is 2. The molecule has 0 fully saturated rings. The number of nitrogens with zero attached hydrogens (tertiary/aromatic N) is 2. The first-order valence-corrected chi connectivity index (χ1v) is 10.6. The molecular weight excluding hydrogens is 426 g/mol. The van der Waals surface area contributed by atoms with E-state index in [0.29, 0.717) is 33.6 Å². The van der Waals surface area contributed by atoms with Gasteiger partial charge in [0.2, 0.25) is 0 Å². The Morgan fingerprint density at radius 3 is 2.56 bits per heavy atom. The maximum atomic E-state index is 13.3. The number of imidazole rings is 1. The third kappa shape index (κ3) is 4.27. The van der Waals surface area contributed by atoms with Gasteiger partial charge in [-0.2, -0.15) is 0 Å². The minimum atomic E-state index is -0.332. The molecule has 0 aliphatic carbocycles. The normalized spacial score (nSPS) is 11.1. The SMILES string of the molecule is COc1cc(C(=O)Nc2c(-c3ccccc3)nc3ccc(C)cn23)cc(Cl)c1OC(C)C. The van der Waals surface area contributed by atoms with Crippen LogP contribution in [-0.2, 0) is 0 Å². The van der Waals surface area contributed by atoms with Gasteiger partial charge in [-0.25, -0.2) is 4.98 Å². The molecular formula is C25H24ClN3O3. The second kappa shape index (κ2) is 8.93. The van der Waals surface area contributed by atoms with Crippen molar-refractivity contribution in [2.24, 2.45) is 0 Å². The van der Waals surface area contributed by atoms with Crippen LogP contribution in [0.3, 0.4) is 0 Å². The van der Waals surface area contributed by atoms with E-state index in [0.717, 1.165) is 16.8 Å². The first-order chi connectivity index (χ1) is 15.4. The number of aryl methyl sites for hydroxylation is 1. The Kier molecular flexibility index (Phi) is 6.06. The molecule has 0 aliphatic heterocycles. The summed E-state index contributed by atoms with van der Waals surface area (Å²) in [4.78, 5) is 18.0. The first kappa shape index (κ1) is 21.7. The number of pyridine rings is 1. The lowest BCUT2D eigenvalue weighted by atomic mass is 10.1. The molecule has 0 aliphatic rings. The maximum Gasteiger partial charge on any atom is 0.257 e. The largest absolute Gasteiger partial charge is 0.493 e. The Labute approximate surface area is 191 Å². The summed E-state index contributed by atoms with van der Waals surface area (Å²) in [5.41, 5.74) is 3.72. The van der Waals surface area contributed by atoms with Crippen molar-refractivity contribution in [3.8, 4) is 22.8 Å². The van der Waals surface area contributed by atoms with Crippen LogP contribution in [0.2, 0.25) is 5.02 Å². The molecule has 2 heterocycles. The highest BCUT2D eigenvalue weighted by Gasteiger charge is 2.20. The first-order valence-electron chi connectivity index (χ1n) is 10.3.